The molecule has 2 aromatic carbocycles. The molecule has 0 saturated carbocycles. The normalized spacial score (nSPS) is 12.1. The Bertz CT molecular complexity index is 1490. The van der Waals surface area contributed by atoms with Crippen LogP contribution in [-0.2, 0) is 4.79 Å². The maximum Gasteiger partial charge on any atom is 0.249 e. The molecule has 0 fully saturated rings. The summed E-state index contributed by atoms with van der Waals surface area (Å²) in [6, 6.07) is 18.7. The summed E-state index contributed by atoms with van der Waals surface area (Å²) in [5.41, 5.74) is 3.80. The van der Waals surface area contributed by atoms with E-state index < -0.39 is 6.04 Å². The Morgan fingerprint density at radius 2 is 1.86 bits per heavy atom. The van der Waals surface area contributed by atoms with E-state index in [9.17, 15) is 9.18 Å². The van der Waals surface area contributed by atoms with Crippen molar-refractivity contribution in [2.24, 2.45) is 0 Å². The molecule has 5 rings (SSSR count). The number of hydrogen-bond acceptors (Lipinski definition) is 6. The number of halogens is 1. The van der Waals surface area contributed by atoms with Gasteiger partial charge in [0.1, 0.15) is 17.6 Å². The Balaban J connectivity index is 1.33. The van der Waals surface area contributed by atoms with Gasteiger partial charge in [-0.2, -0.15) is 10.1 Å². The fourth-order valence-corrected chi connectivity index (χ4v) is 3.57. The first-order valence-electron chi connectivity index (χ1n) is 11.2. The molecule has 0 aliphatic heterocycles. The van der Waals surface area contributed by atoms with Gasteiger partial charge in [-0.1, -0.05) is 23.4 Å². The molecular formula is C27H21FN6O2. The third-order valence-corrected chi connectivity index (χ3v) is 5.39. The summed E-state index contributed by atoms with van der Waals surface area (Å²) >= 11 is 0. The summed E-state index contributed by atoms with van der Waals surface area (Å²) in [5, 5.41) is 11.4. The number of benzene rings is 2. The molecule has 36 heavy (non-hydrogen) atoms. The van der Waals surface area contributed by atoms with E-state index in [1.807, 2.05) is 48.7 Å². The SMILES string of the molecule is CC(NC(=O)/C=C/c1cn(-c2ccccc2)nc1-c1cccnc1)c1nc(-c2ccc(F)cc2)no1. The molecule has 3 aromatic heterocycles. The molecule has 1 atom stereocenters. The fraction of sp³-hybridized carbons (Fsp3) is 0.0741. The second-order valence-electron chi connectivity index (χ2n) is 7.98. The maximum absolute atomic E-state index is 13.2. The van der Waals surface area contributed by atoms with Crippen molar-refractivity contribution in [1.82, 2.24) is 30.2 Å². The number of carbonyl (C=O) groups excluding carboxylic acids is 1. The standard InChI is InChI=1S/C27H21FN6O2/c1-18(27-31-26(33-36-27)19-9-12-22(28)13-10-19)30-24(35)14-11-21-17-34(23-7-3-2-4-8-23)32-25(21)20-6-5-15-29-16-20/h2-18H,1H3,(H,30,35)/b14-11+. The smallest absolute Gasteiger partial charge is 0.249 e. The van der Waals surface area contributed by atoms with Crippen LogP contribution in [0.3, 0.4) is 0 Å². The number of rotatable bonds is 7. The van der Waals surface area contributed by atoms with Crippen LogP contribution in [0.4, 0.5) is 4.39 Å². The predicted molar refractivity (Wildman–Crippen MR) is 132 cm³/mol. The molecule has 0 radical (unpaired) electrons. The zero-order chi connectivity index (χ0) is 24.9. The quantitative estimate of drug-likeness (QED) is 0.329. The van der Waals surface area contributed by atoms with Gasteiger partial charge in [-0.3, -0.25) is 9.78 Å². The molecule has 1 amide bonds. The van der Waals surface area contributed by atoms with E-state index in [1.165, 1.54) is 18.2 Å². The van der Waals surface area contributed by atoms with Gasteiger partial charge >= 0.3 is 0 Å². The second kappa shape index (κ2) is 10.1. The lowest BCUT2D eigenvalue weighted by Crippen LogP contribution is -2.24. The van der Waals surface area contributed by atoms with Crippen molar-refractivity contribution in [1.29, 1.82) is 0 Å². The lowest BCUT2D eigenvalue weighted by molar-refractivity contribution is -0.117. The molecule has 0 saturated heterocycles. The first-order chi connectivity index (χ1) is 17.6. The van der Waals surface area contributed by atoms with Gasteiger partial charge in [-0.25, -0.2) is 9.07 Å². The largest absolute Gasteiger partial charge is 0.341 e. The number of nitrogens with zero attached hydrogens (tertiary/aromatic N) is 5. The summed E-state index contributed by atoms with van der Waals surface area (Å²) in [7, 11) is 0. The van der Waals surface area contributed by atoms with Gasteiger partial charge in [-0.15, -0.1) is 0 Å². The van der Waals surface area contributed by atoms with Crippen molar-refractivity contribution in [2.75, 3.05) is 0 Å². The van der Waals surface area contributed by atoms with E-state index >= 15 is 0 Å². The van der Waals surface area contributed by atoms with E-state index in [4.69, 9.17) is 9.62 Å². The Morgan fingerprint density at radius 3 is 2.61 bits per heavy atom. The minimum atomic E-state index is -0.534. The number of pyridine rings is 1. The minimum Gasteiger partial charge on any atom is -0.341 e. The van der Waals surface area contributed by atoms with Crippen molar-refractivity contribution in [3.8, 4) is 28.3 Å². The van der Waals surface area contributed by atoms with Crippen LogP contribution in [0.15, 0.2) is 95.9 Å². The highest BCUT2D eigenvalue weighted by Crippen LogP contribution is 2.24. The molecule has 9 heteroatoms. The first-order valence-corrected chi connectivity index (χ1v) is 11.2. The summed E-state index contributed by atoms with van der Waals surface area (Å²) < 4.78 is 20.2. The maximum atomic E-state index is 13.2. The van der Waals surface area contributed by atoms with E-state index in [0.717, 1.165) is 16.8 Å². The van der Waals surface area contributed by atoms with Gasteiger partial charge in [0.25, 0.3) is 0 Å². The van der Waals surface area contributed by atoms with Gasteiger partial charge in [0.15, 0.2) is 0 Å². The Labute approximate surface area is 206 Å². The van der Waals surface area contributed by atoms with E-state index in [1.54, 1.807) is 42.2 Å². The van der Waals surface area contributed by atoms with Gasteiger partial charge in [0.05, 0.1) is 5.69 Å². The zero-order valence-electron chi connectivity index (χ0n) is 19.2. The van der Waals surface area contributed by atoms with Crippen LogP contribution in [0.5, 0.6) is 0 Å². The van der Waals surface area contributed by atoms with Crippen molar-refractivity contribution in [3.63, 3.8) is 0 Å². The van der Waals surface area contributed by atoms with E-state index in [2.05, 4.69) is 20.4 Å². The van der Waals surface area contributed by atoms with Crippen molar-refractivity contribution in [3.05, 3.63) is 109 Å². The summed E-state index contributed by atoms with van der Waals surface area (Å²) in [4.78, 5) is 21.2. The van der Waals surface area contributed by atoms with Crippen molar-refractivity contribution >= 4 is 12.0 Å². The number of hydrogen-bond donors (Lipinski definition) is 1. The predicted octanol–water partition coefficient (Wildman–Crippen LogP) is 5.01. The molecular weight excluding hydrogens is 459 g/mol. The topological polar surface area (TPSA) is 98.7 Å². The van der Waals surface area contributed by atoms with Crippen molar-refractivity contribution in [2.45, 2.75) is 13.0 Å². The molecule has 1 N–H and O–H groups in total. The third-order valence-electron chi connectivity index (χ3n) is 5.39. The van der Waals surface area contributed by atoms with Crippen LogP contribution in [0.1, 0.15) is 24.4 Å². The number of carbonyl (C=O) groups is 1. The summed E-state index contributed by atoms with van der Waals surface area (Å²) in [5.74, 6) is -0.135. The van der Waals surface area contributed by atoms with Crippen LogP contribution < -0.4 is 5.32 Å². The second-order valence-corrected chi connectivity index (χ2v) is 7.98. The van der Waals surface area contributed by atoms with Crippen molar-refractivity contribution < 1.29 is 13.7 Å². The highest BCUT2D eigenvalue weighted by Gasteiger charge is 2.17. The molecule has 0 aliphatic rings. The van der Waals surface area contributed by atoms with Gasteiger partial charge in [-0.05, 0) is 61.5 Å². The Kier molecular flexibility index (Phi) is 6.44. The van der Waals surface area contributed by atoms with Gasteiger partial charge < -0.3 is 9.84 Å². The minimum absolute atomic E-state index is 0.240. The molecule has 3 heterocycles. The molecule has 5 aromatic rings. The lowest BCUT2D eigenvalue weighted by atomic mass is 10.1. The molecule has 0 aliphatic carbocycles. The Morgan fingerprint density at radius 1 is 1.06 bits per heavy atom. The average molecular weight is 481 g/mol. The van der Waals surface area contributed by atoms with Crippen LogP contribution in [0.25, 0.3) is 34.4 Å². The Hall–Kier alpha value is -4.92. The number of aromatic nitrogens is 5. The molecule has 178 valence electrons. The first kappa shape index (κ1) is 22.9. The zero-order valence-corrected chi connectivity index (χ0v) is 19.2. The molecule has 8 nitrogen and oxygen atoms in total. The number of amides is 1. The van der Waals surface area contributed by atoms with E-state index in [-0.39, 0.29) is 17.6 Å². The van der Waals surface area contributed by atoms with Gasteiger partial charge in [0.2, 0.25) is 17.6 Å². The number of nitrogens with one attached hydrogen (secondary N) is 1. The third kappa shape index (κ3) is 5.10. The van der Waals surface area contributed by atoms with Gasteiger partial charge in [0, 0.05) is 41.4 Å². The monoisotopic (exact) mass is 480 g/mol. The molecule has 1 unspecified atom stereocenters. The van der Waals surface area contributed by atoms with Crippen LogP contribution in [0, 0.1) is 5.82 Å². The number of para-hydroxylation sites is 1. The molecule has 0 spiro atoms. The summed E-state index contributed by atoms with van der Waals surface area (Å²) in [6.45, 7) is 1.74. The van der Waals surface area contributed by atoms with Crippen LogP contribution in [-0.4, -0.2) is 30.8 Å². The van der Waals surface area contributed by atoms with E-state index in [0.29, 0.717) is 17.1 Å². The average Bonchev–Trinajstić information content (AvgIpc) is 3.57. The highest BCUT2D eigenvalue weighted by molar-refractivity contribution is 5.93. The van der Waals surface area contributed by atoms with Crippen LogP contribution >= 0.6 is 0 Å². The summed E-state index contributed by atoms with van der Waals surface area (Å²) in [6.07, 6.45) is 8.42. The molecule has 0 bridgehead atoms. The van der Waals surface area contributed by atoms with Crippen LogP contribution in [0.2, 0.25) is 0 Å². The highest BCUT2D eigenvalue weighted by atomic mass is 19.1. The fourth-order valence-electron chi connectivity index (χ4n) is 3.57. The lowest BCUT2D eigenvalue weighted by Gasteiger charge is -2.06.